The van der Waals surface area contributed by atoms with Gasteiger partial charge in [0.15, 0.2) is 0 Å². The molecule has 0 radical (unpaired) electrons. The zero-order chi connectivity index (χ0) is 13.0. The Morgan fingerprint density at radius 2 is 2.06 bits per heavy atom. The van der Waals surface area contributed by atoms with E-state index in [9.17, 15) is 9.90 Å². The predicted molar refractivity (Wildman–Crippen MR) is 71.4 cm³/mol. The first-order valence-corrected chi connectivity index (χ1v) is 6.40. The van der Waals surface area contributed by atoms with Gasteiger partial charge in [-0.3, -0.25) is 4.79 Å². The maximum atomic E-state index is 11.6. The zero-order valence-electron chi connectivity index (χ0n) is 10.6. The third kappa shape index (κ3) is 4.13. The molecule has 98 valence electrons. The molecule has 1 aromatic rings. The van der Waals surface area contributed by atoms with Crippen LogP contribution in [0.15, 0.2) is 24.3 Å². The molecule has 1 aliphatic carbocycles. The van der Waals surface area contributed by atoms with Gasteiger partial charge < -0.3 is 15.7 Å². The first-order chi connectivity index (χ1) is 8.65. The number of aliphatic hydroxyl groups excluding tert-OH is 1. The number of hydrogen-bond donors (Lipinski definition) is 3. The van der Waals surface area contributed by atoms with E-state index < -0.39 is 0 Å². The summed E-state index contributed by atoms with van der Waals surface area (Å²) in [6, 6.07) is 7.68. The zero-order valence-corrected chi connectivity index (χ0v) is 10.6. The summed E-state index contributed by atoms with van der Waals surface area (Å²) in [7, 11) is 0. The van der Waals surface area contributed by atoms with Crippen molar-refractivity contribution in [3.63, 3.8) is 0 Å². The van der Waals surface area contributed by atoms with E-state index in [4.69, 9.17) is 0 Å². The molecule has 1 aliphatic rings. The molecule has 0 bridgehead atoms. The second-order valence-corrected chi connectivity index (χ2v) is 4.95. The van der Waals surface area contributed by atoms with Gasteiger partial charge >= 0.3 is 0 Å². The Morgan fingerprint density at radius 3 is 2.67 bits per heavy atom. The van der Waals surface area contributed by atoms with Crippen LogP contribution in [0, 0.1) is 12.8 Å². The highest BCUT2D eigenvalue weighted by atomic mass is 16.3. The monoisotopic (exact) mass is 248 g/mol. The topological polar surface area (TPSA) is 61.4 Å². The van der Waals surface area contributed by atoms with Crippen molar-refractivity contribution in [2.24, 2.45) is 5.92 Å². The Hall–Kier alpha value is -1.39. The smallest absolute Gasteiger partial charge is 0.238 e. The van der Waals surface area contributed by atoms with E-state index in [0.29, 0.717) is 12.5 Å². The summed E-state index contributed by atoms with van der Waals surface area (Å²) in [5, 5.41) is 15.4. The number of amides is 1. The normalized spacial score (nSPS) is 16.3. The number of benzene rings is 1. The summed E-state index contributed by atoms with van der Waals surface area (Å²) in [5.74, 6) is 0.361. The molecule has 4 heteroatoms. The molecule has 1 unspecified atom stereocenters. The third-order valence-corrected chi connectivity index (χ3v) is 3.14. The van der Waals surface area contributed by atoms with Crippen LogP contribution in [-0.2, 0) is 4.79 Å². The molecule has 2 rings (SSSR count). The Kier molecular flexibility index (Phi) is 4.33. The van der Waals surface area contributed by atoms with Crippen molar-refractivity contribution in [2.75, 3.05) is 18.4 Å². The van der Waals surface area contributed by atoms with E-state index in [1.165, 1.54) is 5.56 Å². The van der Waals surface area contributed by atoms with Gasteiger partial charge in [-0.15, -0.1) is 0 Å². The number of nitrogens with one attached hydrogen (secondary N) is 2. The highest BCUT2D eigenvalue weighted by Gasteiger charge is 2.29. The predicted octanol–water partition coefficient (Wildman–Crippen LogP) is 1.29. The van der Waals surface area contributed by atoms with Crippen LogP contribution in [0.5, 0.6) is 0 Å². The summed E-state index contributed by atoms with van der Waals surface area (Å²) in [6.45, 7) is 2.73. The number of rotatable bonds is 6. The Labute approximate surface area is 107 Å². The molecule has 1 aromatic carbocycles. The fourth-order valence-electron chi connectivity index (χ4n) is 1.82. The van der Waals surface area contributed by atoms with Crippen molar-refractivity contribution >= 4 is 11.6 Å². The maximum absolute atomic E-state index is 11.6. The number of hydrogen-bond acceptors (Lipinski definition) is 3. The van der Waals surface area contributed by atoms with E-state index in [2.05, 4.69) is 10.6 Å². The summed E-state index contributed by atoms with van der Waals surface area (Å²) < 4.78 is 0. The fourth-order valence-corrected chi connectivity index (χ4v) is 1.82. The quantitative estimate of drug-likeness (QED) is 0.711. The van der Waals surface area contributed by atoms with Gasteiger partial charge in [-0.05, 0) is 37.8 Å². The van der Waals surface area contributed by atoms with Crippen LogP contribution >= 0.6 is 0 Å². The number of aliphatic hydroxyl groups is 1. The van der Waals surface area contributed by atoms with Crippen molar-refractivity contribution in [3.8, 4) is 0 Å². The maximum Gasteiger partial charge on any atom is 0.238 e. The third-order valence-electron chi connectivity index (χ3n) is 3.14. The van der Waals surface area contributed by atoms with Crippen LogP contribution in [0.3, 0.4) is 0 Å². The van der Waals surface area contributed by atoms with Crippen molar-refractivity contribution < 1.29 is 9.90 Å². The molecule has 0 saturated heterocycles. The number of carbonyl (C=O) groups excluding carboxylic acids is 1. The molecule has 1 fully saturated rings. The van der Waals surface area contributed by atoms with Crippen LogP contribution in [0.25, 0.3) is 0 Å². The van der Waals surface area contributed by atoms with E-state index >= 15 is 0 Å². The molecule has 0 spiro atoms. The fraction of sp³-hybridized carbons (Fsp3) is 0.500. The number of aryl methyl sites for hydroxylation is 1. The summed E-state index contributed by atoms with van der Waals surface area (Å²) in [6.07, 6.45) is 1.91. The van der Waals surface area contributed by atoms with Gasteiger partial charge in [-0.2, -0.15) is 0 Å². The van der Waals surface area contributed by atoms with Gasteiger partial charge in [0, 0.05) is 12.2 Å². The number of anilines is 1. The average Bonchev–Trinajstić information content (AvgIpc) is 3.16. The molecule has 1 amide bonds. The lowest BCUT2D eigenvalue weighted by molar-refractivity contribution is -0.115. The lowest BCUT2D eigenvalue weighted by Gasteiger charge is -2.10. The van der Waals surface area contributed by atoms with E-state index in [1.54, 1.807) is 0 Å². The Morgan fingerprint density at radius 1 is 1.39 bits per heavy atom. The van der Waals surface area contributed by atoms with Crippen molar-refractivity contribution in [1.29, 1.82) is 0 Å². The van der Waals surface area contributed by atoms with E-state index in [1.807, 2.05) is 31.2 Å². The highest BCUT2D eigenvalue weighted by molar-refractivity contribution is 5.92. The minimum absolute atomic E-state index is 0.0816. The van der Waals surface area contributed by atoms with Gasteiger partial charge in [0.05, 0.1) is 12.6 Å². The van der Waals surface area contributed by atoms with Gasteiger partial charge in [0.25, 0.3) is 0 Å². The van der Waals surface area contributed by atoms with E-state index in [-0.39, 0.29) is 18.6 Å². The molecular weight excluding hydrogens is 228 g/mol. The summed E-state index contributed by atoms with van der Waals surface area (Å²) in [4.78, 5) is 11.6. The lowest BCUT2D eigenvalue weighted by Crippen LogP contribution is -2.34. The number of carbonyl (C=O) groups is 1. The molecule has 1 saturated carbocycles. The first-order valence-electron chi connectivity index (χ1n) is 6.40. The SMILES string of the molecule is Cc1ccc(NC(=O)CNCC(O)C2CC2)cc1. The first kappa shape index (κ1) is 13.1. The molecule has 0 aromatic heterocycles. The minimum atomic E-state index is -0.308. The average molecular weight is 248 g/mol. The molecule has 0 aliphatic heterocycles. The van der Waals surface area contributed by atoms with Crippen molar-refractivity contribution in [3.05, 3.63) is 29.8 Å². The van der Waals surface area contributed by atoms with Gasteiger partial charge in [0.1, 0.15) is 0 Å². The molecule has 18 heavy (non-hydrogen) atoms. The van der Waals surface area contributed by atoms with Crippen LogP contribution in [0.4, 0.5) is 5.69 Å². The highest BCUT2D eigenvalue weighted by Crippen LogP contribution is 2.32. The molecule has 0 heterocycles. The lowest BCUT2D eigenvalue weighted by atomic mass is 10.2. The van der Waals surface area contributed by atoms with E-state index in [0.717, 1.165) is 18.5 Å². The van der Waals surface area contributed by atoms with Crippen LogP contribution in [0.2, 0.25) is 0 Å². The minimum Gasteiger partial charge on any atom is -0.392 e. The molecule has 1 atom stereocenters. The largest absolute Gasteiger partial charge is 0.392 e. The van der Waals surface area contributed by atoms with Gasteiger partial charge in [-0.25, -0.2) is 0 Å². The molecule has 3 N–H and O–H groups in total. The Bertz CT molecular complexity index is 399. The van der Waals surface area contributed by atoms with Crippen LogP contribution < -0.4 is 10.6 Å². The van der Waals surface area contributed by atoms with Gasteiger partial charge in [-0.1, -0.05) is 17.7 Å². The summed E-state index contributed by atoms with van der Waals surface area (Å²) in [5.41, 5.74) is 1.97. The van der Waals surface area contributed by atoms with Gasteiger partial charge in [0.2, 0.25) is 5.91 Å². The Balaban J connectivity index is 1.66. The van der Waals surface area contributed by atoms with Crippen LogP contribution in [-0.4, -0.2) is 30.2 Å². The van der Waals surface area contributed by atoms with Crippen LogP contribution in [0.1, 0.15) is 18.4 Å². The second kappa shape index (κ2) is 5.98. The summed E-state index contributed by atoms with van der Waals surface area (Å²) >= 11 is 0. The van der Waals surface area contributed by atoms with Crippen molar-refractivity contribution in [2.45, 2.75) is 25.9 Å². The van der Waals surface area contributed by atoms with Crippen molar-refractivity contribution in [1.82, 2.24) is 5.32 Å². The standard InChI is InChI=1S/C14H20N2O2/c1-10-2-6-12(7-3-10)16-14(18)9-15-8-13(17)11-4-5-11/h2-3,6-7,11,13,15,17H,4-5,8-9H2,1H3,(H,16,18). The molecule has 4 nitrogen and oxygen atoms in total. The molecular formula is C14H20N2O2. The second-order valence-electron chi connectivity index (χ2n) is 4.95.